The van der Waals surface area contributed by atoms with E-state index >= 15 is 0 Å². The fourth-order valence-electron chi connectivity index (χ4n) is 2.22. The lowest BCUT2D eigenvalue weighted by atomic mass is 10.2. The van der Waals surface area contributed by atoms with E-state index in [0.29, 0.717) is 12.1 Å². The van der Waals surface area contributed by atoms with Gasteiger partial charge >= 0.3 is 0 Å². The predicted molar refractivity (Wildman–Crippen MR) is 79.5 cm³/mol. The smallest absolute Gasteiger partial charge is 0.179 e. The van der Waals surface area contributed by atoms with Gasteiger partial charge in [-0.15, -0.1) is 11.6 Å². The summed E-state index contributed by atoms with van der Waals surface area (Å²) in [5.74, 6) is -0.0197. The van der Waals surface area contributed by atoms with Gasteiger partial charge in [-0.25, -0.2) is 0 Å². The summed E-state index contributed by atoms with van der Waals surface area (Å²) in [5.41, 5.74) is 3.81. The van der Waals surface area contributed by atoms with E-state index < -0.39 is 0 Å². The summed E-state index contributed by atoms with van der Waals surface area (Å²) >= 11 is 11.6. The molecule has 0 N–H and O–H groups in total. The number of carbonyl (C=O) groups excluding carboxylic acids is 1. The lowest BCUT2D eigenvalue weighted by Crippen LogP contribution is -2.06. The van der Waals surface area contributed by atoms with Crippen molar-refractivity contribution in [1.29, 1.82) is 0 Å². The van der Waals surface area contributed by atoms with Crippen LogP contribution in [0.25, 0.3) is 0 Å². The maximum atomic E-state index is 11.7. The minimum absolute atomic E-state index is 0.0153. The van der Waals surface area contributed by atoms with Crippen molar-refractivity contribution >= 4 is 29.0 Å². The molecule has 1 aromatic heterocycles. The Kier molecular flexibility index (Phi) is 4.33. The first-order chi connectivity index (χ1) is 9.02. The number of alkyl halides is 1. The number of rotatable bonds is 4. The third-order valence-electron chi connectivity index (χ3n) is 3.23. The molecule has 100 valence electrons. The van der Waals surface area contributed by atoms with E-state index in [0.717, 1.165) is 22.0 Å². The van der Waals surface area contributed by atoms with Crippen molar-refractivity contribution in [2.75, 3.05) is 5.88 Å². The third-order valence-corrected chi connectivity index (χ3v) is 3.70. The van der Waals surface area contributed by atoms with Crippen molar-refractivity contribution in [2.45, 2.75) is 20.4 Å². The van der Waals surface area contributed by atoms with Crippen LogP contribution in [0.3, 0.4) is 0 Å². The van der Waals surface area contributed by atoms with Crippen molar-refractivity contribution in [3.8, 4) is 0 Å². The number of Topliss-reactive ketones (excluding diaryl/α,β-unsaturated/α-hetero) is 1. The first kappa shape index (κ1) is 14.2. The molecule has 0 aliphatic heterocycles. The van der Waals surface area contributed by atoms with Gasteiger partial charge in [-0.05, 0) is 37.6 Å². The summed E-state index contributed by atoms with van der Waals surface area (Å²) < 4.78 is 2.10. The Morgan fingerprint density at radius 3 is 2.63 bits per heavy atom. The van der Waals surface area contributed by atoms with Crippen LogP contribution < -0.4 is 0 Å². The van der Waals surface area contributed by atoms with Gasteiger partial charge in [0, 0.05) is 28.5 Å². The third kappa shape index (κ3) is 3.02. The number of aromatic nitrogens is 1. The molecule has 0 spiro atoms. The van der Waals surface area contributed by atoms with Gasteiger partial charge in [-0.1, -0.05) is 23.7 Å². The number of nitrogens with zero attached hydrogens (tertiary/aromatic N) is 1. The molecule has 2 rings (SSSR count). The minimum atomic E-state index is -0.0351. The molecule has 1 aromatic carbocycles. The Labute approximate surface area is 123 Å². The molecular formula is C15H15Cl2NO. The van der Waals surface area contributed by atoms with E-state index in [2.05, 4.69) is 4.57 Å². The van der Waals surface area contributed by atoms with E-state index in [1.54, 1.807) is 0 Å². The van der Waals surface area contributed by atoms with Crippen LogP contribution in [0.5, 0.6) is 0 Å². The number of hydrogen-bond donors (Lipinski definition) is 0. The fraction of sp³-hybridized carbons (Fsp3) is 0.267. The van der Waals surface area contributed by atoms with Gasteiger partial charge in [0.15, 0.2) is 5.78 Å². The van der Waals surface area contributed by atoms with Crippen LogP contribution in [0.1, 0.15) is 27.3 Å². The number of carbonyl (C=O) groups is 1. The molecule has 2 nitrogen and oxygen atoms in total. The van der Waals surface area contributed by atoms with Crippen molar-refractivity contribution < 1.29 is 4.79 Å². The predicted octanol–water partition coefficient (Wildman–Crippen LogP) is 4.23. The summed E-state index contributed by atoms with van der Waals surface area (Å²) in [4.78, 5) is 11.7. The first-order valence-electron chi connectivity index (χ1n) is 6.03. The molecule has 19 heavy (non-hydrogen) atoms. The van der Waals surface area contributed by atoms with Crippen LogP contribution in [-0.4, -0.2) is 16.2 Å². The monoisotopic (exact) mass is 295 g/mol. The molecule has 0 saturated carbocycles. The van der Waals surface area contributed by atoms with Crippen molar-refractivity contribution in [2.24, 2.45) is 0 Å². The second kappa shape index (κ2) is 5.81. The van der Waals surface area contributed by atoms with Crippen LogP contribution in [0.2, 0.25) is 5.02 Å². The molecule has 1 heterocycles. The number of ketones is 1. The summed E-state index contributed by atoms with van der Waals surface area (Å²) in [6.45, 7) is 4.63. The second-order valence-electron chi connectivity index (χ2n) is 4.56. The molecule has 0 aliphatic rings. The molecule has 0 unspecified atom stereocenters. The molecule has 0 atom stereocenters. The van der Waals surface area contributed by atoms with Crippen molar-refractivity contribution in [3.63, 3.8) is 0 Å². The molecule has 0 fully saturated rings. The average Bonchev–Trinajstić information content (AvgIpc) is 2.66. The van der Waals surface area contributed by atoms with Crippen LogP contribution in [-0.2, 0) is 6.54 Å². The van der Waals surface area contributed by atoms with E-state index in [4.69, 9.17) is 23.2 Å². The topological polar surface area (TPSA) is 22.0 Å². The van der Waals surface area contributed by atoms with Crippen molar-refractivity contribution in [1.82, 2.24) is 4.57 Å². The average molecular weight is 296 g/mol. The SMILES string of the molecule is Cc1cc(C(=O)CCl)c(C)n1Cc1cccc(Cl)c1. The molecule has 0 aliphatic carbocycles. The van der Waals surface area contributed by atoms with Crippen LogP contribution in [0.4, 0.5) is 0 Å². The van der Waals surface area contributed by atoms with Crippen LogP contribution in [0.15, 0.2) is 30.3 Å². The largest absolute Gasteiger partial charge is 0.344 e. The van der Waals surface area contributed by atoms with Crippen LogP contribution >= 0.6 is 23.2 Å². The Hall–Kier alpha value is -1.25. The molecular weight excluding hydrogens is 281 g/mol. The van der Waals surface area contributed by atoms with Gasteiger partial charge < -0.3 is 4.57 Å². The quantitative estimate of drug-likeness (QED) is 0.611. The summed E-state index contributed by atoms with van der Waals surface area (Å²) in [7, 11) is 0. The maximum absolute atomic E-state index is 11.7. The minimum Gasteiger partial charge on any atom is -0.344 e. The Morgan fingerprint density at radius 1 is 1.26 bits per heavy atom. The fourth-order valence-corrected chi connectivity index (χ4v) is 2.57. The van der Waals surface area contributed by atoms with Gasteiger partial charge in [-0.3, -0.25) is 4.79 Å². The zero-order chi connectivity index (χ0) is 14.0. The Balaban J connectivity index is 2.36. The van der Waals surface area contributed by atoms with Gasteiger partial charge in [0.25, 0.3) is 0 Å². The molecule has 0 saturated heterocycles. The zero-order valence-electron chi connectivity index (χ0n) is 10.9. The van der Waals surface area contributed by atoms with Gasteiger partial charge in [0.2, 0.25) is 0 Å². The normalized spacial score (nSPS) is 10.7. The lowest BCUT2D eigenvalue weighted by molar-refractivity contribution is 0.102. The lowest BCUT2D eigenvalue weighted by Gasteiger charge is -2.10. The molecule has 0 bridgehead atoms. The highest BCUT2D eigenvalue weighted by molar-refractivity contribution is 6.31. The standard InChI is InChI=1S/C15H15Cl2NO/c1-10-6-14(15(19)8-16)11(2)18(10)9-12-4-3-5-13(17)7-12/h3-7H,8-9H2,1-2H3. The van der Waals surface area contributed by atoms with E-state index in [1.807, 2.05) is 44.2 Å². The molecule has 4 heteroatoms. The highest BCUT2D eigenvalue weighted by Crippen LogP contribution is 2.19. The molecule has 2 aromatic rings. The van der Waals surface area contributed by atoms with Gasteiger partial charge in [-0.2, -0.15) is 0 Å². The highest BCUT2D eigenvalue weighted by atomic mass is 35.5. The summed E-state index contributed by atoms with van der Waals surface area (Å²) in [6.07, 6.45) is 0. The zero-order valence-corrected chi connectivity index (χ0v) is 12.4. The highest BCUT2D eigenvalue weighted by Gasteiger charge is 2.14. The summed E-state index contributed by atoms with van der Waals surface area (Å²) in [6, 6.07) is 9.63. The number of benzene rings is 1. The van der Waals surface area contributed by atoms with Crippen LogP contribution in [0, 0.1) is 13.8 Å². The Bertz CT molecular complexity index is 617. The van der Waals surface area contributed by atoms with E-state index in [-0.39, 0.29) is 11.7 Å². The number of halogens is 2. The van der Waals surface area contributed by atoms with E-state index in [9.17, 15) is 4.79 Å². The molecule has 0 radical (unpaired) electrons. The van der Waals surface area contributed by atoms with Crippen molar-refractivity contribution in [3.05, 3.63) is 57.9 Å². The second-order valence-corrected chi connectivity index (χ2v) is 5.26. The molecule has 0 amide bonds. The number of hydrogen-bond acceptors (Lipinski definition) is 1. The number of aryl methyl sites for hydroxylation is 1. The van der Waals surface area contributed by atoms with Gasteiger partial charge in [0.05, 0.1) is 5.88 Å². The first-order valence-corrected chi connectivity index (χ1v) is 6.94. The maximum Gasteiger partial charge on any atom is 0.179 e. The van der Waals surface area contributed by atoms with Gasteiger partial charge in [0.1, 0.15) is 0 Å². The Morgan fingerprint density at radius 2 is 2.00 bits per heavy atom. The summed E-state index contributed by atoms with van der Waals surface area (Å²) in [5, 5.41) is 0.719. The van der Waals surface area contributed by atoms with E-state index in [1.165, 1.54) is 0 Å².